The lowest BCUT2D eigenvalue weighted by atomic mass is 9.82. The summed E-state index contributed by atoms with van der Waals surface area (Å²) in [7, 11) is 0. The van der Waals surface area contributed by atoms with Crippen molar-refractivity contribution >= 4 is 0 Å². The minimum Gasteiger partial charge on any atom is -0.339 e. The maximum atomic E-state index is 12.2. The molecule has 2 atom stereocenters. The first-order chi connectivity index (χ1) is 9.98. The highest BCUT2D eigenvalue weighted by Gasteiger charge is 2.29. The number of hydrogen-bond donors (Lipinski definition) is 1. The van der Waals surface area contributed by atoms with Gasteiger partial charge in [-0.1, -0.05) is 24.9 Å². The van der Waals surface area contributed by atoms with E-state index in [-0.39, 0.29) is 12.2 Å². The Kier molecular flexibility index (Phi) is 5.61. The molecule has 1 N–H and O–H groups in total. The van der Waals surface area contributed by atoms with Gasteiger partial charge in [-0.25, -0.2) is 0 Å². The largest absolute Gasteiger partial charge is 0.389 e. The molecule has 4 nitrogen and oxygen atoms in total. The van der Waals surface area contributed by atoms with Crippen LogP contribution < -0.4 is 5.32 Å². The Hall–Kier alpha value is -1.11. The molecule has 2 rings (SSSR count). The molecule has 0 spiro atoms. The monoisotopic (exact) mass is 305 g/mol. The van der Waals surface area contributed by atoms with Crippen LogP contribution in [-0.4, -0.2) is 28.9 Å². The topological polar surface area (TPSA) is 51.0 Å². The summed E-state index contributed by atoms with van der Waals surface area (Å²) >= 11 is 0. The third-order valence-electron chi connectivity index (χ3n) is 3.95. The quantitative estimate of drug-likeness (QED) is 0.876. The summed E-state index contributed by atoms with van der Waals surface area (Å²) in [5.74, 6) is 1.04. The van der Waals surface area contributed by atoms with Crippen molar-refractivity contribution in [1.82, 2.24) is 15.5 Å². The molecule has 2 unspecified atom stereocenters. The molecule has 0 aliphatic heterocycles. The number of aromatic nitrogens is 2. The van der Waals surface area contributed by atoms with Crippen LogP contribution in [0.2, 0.25) is 0 Å². The maximum absolute atomic E-state index is 12.2. The molecule has 1 saturated carbocycles. The van der Waals surface area contributed by atoms with Gasteiger partial charge < -0.3 is 9.84 Å². The van der Waals surface area contributed by atoms with Gasteiger partial charge in [0, 0.05) is 18.9 Å². The zero-order valence-corrected chi connectivity index (χ0v) is 12.2. The molecule has 1 fully saturated rings. The van der Waals surface area contributed by atoms with E-state index in [1.54, 1.807) is 0 Å². The normalized spacial score (nSPS) is 23.4. The third-order valence-corrected chi connectivity index (χ3v) is 3.95. The van der Waals surface area contributed by atoms with Crippen LogP contribution in [0.3, 0.4) is 0 Å². The fourth-order valence-electron chi connectivity index (χ4n) is 2.94. The molecule has 1 heterocycles. The van der Waals surface area contributed by atoms with E-state index in [4.69, 9.17) is 4.52 Å². The molecular formula is C14H22F3N3O. The number of aryl methyl sites for hydroxylation is 1. The number of nitrogens with one attached hydrogen (secondary N) is 1. The Bertz CT molecular complexity index is 431. The molecule has 1 aromatic heterocycles. The van der Waals surface area contributed by atoms with E-state index in [2.05, 4.69) is 22.4 Å². The van der Waals surface area contributed by atoms with E-state index >= 15 is 0 Å². The molecule has 120 valence electrons. The molecule has 0 radical (unpaired) electrons. The molecule has 0 amide bonds. The summed E-state index contributed by atoms with van der Waals surface area (Å²) in [5.41, 5.74) is 0. The highest BCUT2D eigenvalue weighted by atomic mass is 19.4. The number of nitrogens with zero attached hydrogens (tertiary/aromatic N) is 2. The minimum absolute atomic E-state index is 0.151. The smallest absolute Gasteiger partial charge is 0.339 e. The van der Waals surface area contributed by atoms with Crippen LogP contribution in [0.1, 0.15) is 50.7 Å². The van der Waals surface area contributed by atoms with Crippen LogP contribution in [0, 0.1) is 5.92 Å². The molecule has 1 aliphatic carbocycles. The standard InChI is InChI=1S/C14H22F3N3O/c1-2-18-11-6-4-3-5-10(11)9-13-19-12(20-21-13)7-8-14(15,16)17/h10-11,18H,2-9H2,1H3. The number of halogens is 3. The Labute approximate surface area is 122 Å². The van der Waals surface area contributed by atoms with E-state index in [1.807, 2.05) is 0 Å². The van der Waals surface area contributed by atoms with Crippen LogP contribution in [0.15, 0.2) is 4.52 Å². The van der Waals surface area contributed by atoms with E-state index in [0.717, 1.165) is 19.4 Å². The molecule has 0 bridgehead atoms. The van der Waals surface area contributed by atoms with Crippen molar-refractivity contribution in [3.8, 4) is 0 Å². The van der Waals surface area contributed by atoms with E-state index < -0.39 is 12.6 Å². The van der Waals surface area contributed by atoms with E-state index in [9.17, 15) is 13.2 Å². The summed E-state index contributed by atoms with van der Waals surface area (Å²) < 4.78 is 41.6. The van der Waals surface area contributed by atoms with Gasteiger partial charge in [-0.3, -0.25) is 0 Å². The van der Waals surface area contributed by atoms with Crippen molar-refractivity contribution in [3.05, 3.63) is 11.7 Å². The zero-order chi connectivity index (χ0) is 15.3. The van der Waals surface area contributed by atoms with Crippen molar-refractivity contribution in [1.29, 1.82) is 0 Å². The van der Waals surface area contributed by atoms with Crippen molar-refractivity contribution in [2.45, 2.75) is 64.1 Å². The molecule has 7 heteroatoms. The lowest BCUT2D eigenvalue weighted by molar-refractivity contribution is -0.134. The minimum atomic E-state index is -4.18. The van der Waals surface area contributed by atoms with E-state index in [1.165, 1.54) is 12.8 Å². The highest BCUT2D eigenvalue weighted by molar-refractivity contribution is 4.92. The van der Waals surface area contributed by atoms with Gasteiger partial charge in [-0.15, -0.1) is 0 Å². The molecular weight excluding hydrogens is 283 g/mol. The fourth-order valence-corrected chi connectivity index (χ4v) is 2.94. The average Bonchev–Trinajstić information content (AvgIpc) is 2.86. The first kappa shape index (κ1) is 16.3. The van der Waals surface area contributed by atoms with Crippen LogP contribution in [0.5, 0.6) is 0 Å². The number of hydrogen-bond acceptors (Lipinski definition) is 4. The van der Waals surface area contributed by atoms with Gasteiger partial charge in [0.2, 0.25) is 5.89 Å². The van der Waals surface area contributed by atoms with Crippen molar-refractivity contribution in [2.24, 2.45) is 5.92 Å². The van der Waals surface area contributed by atoms with Gasteiger partial charge in [-0.05, 0) is 25.3 Å². The zero-order valence-electron chi connectivity index (χ0n) is 12.2. The van der Waals surface area contributed by atoms with Crippen molar-refractivity contribution in [3.63, 3.8) is 0 Å². The Morgan fingerprint density at radius 3 is 2.76 bits per heavy atom. The average molecular weight is 305 g/mol. The van der Waals surface area contributed by atoms with E-state index in [0.29, 0.717) is 24.3 Å². The van der Waals surface area contributed by atoms with Gasteiger partial charge in [0.15, 0.2) is 5.82 Å². The Morgan fingerprint density at radius 1 is 1.29 bits per heavy atom. The van der Waals surface area contributed by atoms with Crippen molar-refractivity contribution < 1.29 is 17.7 Å². The summed E-state index contributed by atoms with van der Waals surface area (Å²) in [6, 6.07) is 0.439. The SMILES string of the molecule is CCNC1CCCCC1Cc1nc(CCC(F)(F)F)no1. The second-order valence-corrected chi connectivity index (χ2v) is 5.63. The lowest BCUT2D eigenvalue weighted by Crippen LogP contribution is -2.39. The lowest BCUT2D eigenvalue weighted by Gasteiger charge is -2.31. The summed E-state index contributed by atoms with van der Waals surface area (Å²) in [5, 5.41) is 7.12. The van der Waals surface area contributed by atoms with Gasteiger partial charge in [0.05, 0.1) is 6.42 Å². The number of rotatable bonds is 6. The Morgan fingerprint density at radius 2 is 2.05 bits per heavy atom. The van der Waals surface area contributed by atoms with Gasteiger partial charge in [-0.2, -0.15) is 18.2 Å². The second-order valence-electron chi connectivity index (χ2n) is 5.63. The molecule has 1 aliphatic rings. The molecule has 0 saturated heterocycles. The van der Waals surface area contributed by atoms with Gasteiger partial charge in [0.25, 0.3) is 0 Å². The molecule has 1 aromatic rings. The van der Waals surface area contributed by atoms with Crippen LogP contribution >= 0.6 is 0 Å². The molecule has 0 aromatic carbocycles. The predicted molar refractivity (Wildman–Crippen MR) is 71.8 cm³/mol. The van der Waals surface area contributed by atoms with Crippen LogP contribution in [0.25, 0.3) is 0 Å². The summed E-state index contributed by atoms with van der Waals surface area (Å²) in [4.78, 5) is 4.10. The van der Waals surface area contributed by atoms with Gasteiger partial charge >= 0.3 is 6.18 Å². The van der Waals surface area contributed by atoms with Crippen LogP contribution in [-0.2, 0) is 12.8 Å². The van der Waals surface area contributed by atoms with Gasteiger partial charge in [0.1, 0.15) is 0 Å². The second kappa shape index (κ2) is 7.24. The third kappa shape index (κ3) is 5.30. The van der Waals surface area contributed by atoms with Crippen LogP contribution in [0.4, 0.5) is 13.2 Å². The number of alkyl halides is 3. The summed E-state index contributed by atoms with van der Waals surface area (Å²) in [6.07, 6.45) is -0.0251. The Balaban J connectivity index is 1.88. The first-order valence-corrected chi connectivity index (χ1v) is 7.59. The van der Waals surface area contributed by atoms with Crippen molar-refractivity contribution in [2.75, 3.05) is 6.54 Å². The fraction of sp³-hybridized carbons (Fsp3) is 0.857. The highest BCUT2D eigenvalue weighted by Crippen LogP contribution is 2.27. The molecule has 21 heavy (non-hydrogen) atoms. The maximum Gasteiger partial charge on any atom is 0.389 e. The first-order valence-electron chi connectivity index (χ1n) is 7.59. The summed E-state index contributed by atoms with van der Waals surface area (Å²) in [6.45, 7) is 3.00. The predicted octanol–water partition coefficient (Wildman–Crippen LogP) is 3.28.